The van der Waals surface area contributed by atoms with Gasteiger partial charge in [-0.3, -0.25) is 9.59 Å². The molecule has 0 spiro atoms. The van der Waals surface area contributed by atoms with E-state index in [9.17, 15) is 9.59 Å². The number of esters is 1. The molecule has 1 amide bonds. The summed E-state index contributed by atoms with van der Waals surface area (Å²) < 4.78 is 10.4. The molecule has 1 aromatic rings. The number of amides is 1. The Kier molecular flexibility index (Phi) is 6.46. The number of piperidine rings is 1. The number of methoxy groups -OCH3 is 1. The van der Waals surface area contributed by atoms with Crippen LogP contribution < -0.4 is 10.1 Å². The second-order valence-electron chi connectivity index (χ2n) is 5.92. The lowest BCUT2D eigenvalue weighted by Crippen LogP contribution is -2.46. The van der Waals surface area contributed by atoms with E-state index in [1.165, 1.54) is 0 Å². The number of hydrogen-bond donors (Lipinski definition) is 1. The molecular formula is C18H26N2O4. The van der Waals surface area contributed by atoms with Crippen molar-refractivity contribution in [2.24, 2.45) is 5.92 Å². The van der Waals surface area contributed by atoms with Gasteiger partial charge in [-0.25, -0.2) is 0 Å². The van der Waals surface area contributed by atoms with Crippen LogP contribution in [-0.4, -0.2) is 49.6 Å². The Balaban J connectivity index is 1.89. The summed E-state index contributed by atoms with van der Waals surface area (Å²) in [7, 11) is 1.60. The Hall–Kier alpha value is -2.24. The standard InChI is InChI=1S/C18H26N2O4/c1-4-24-18(22)14-9-11-20(12-10-14)17(21)13(2)19-15-7-5-6-8-16(15)23-3/h5-8,13-14,19H,4,9-12H2,1-3H3/t13-/m0/s1. The lowest BCUT2D eigenvalue weighted by Gasteiger charge is -2.33. The van der Waals surface area contributed by atoms with Crippen molar-refractivity contribution in [3.63, 3.8) is 0 Å². The molecule has 6 nitrogen and oxygen atoms in total. The smallest absolute Gasteiger partial charge is 0.309 e. The van der Waals surface area contributed by atoms with Gasteiger partial charge in [0.05, 0.1) is 25.3 Å². The van der Waals surface area contributed by atoms with Crippen molar-refractivity contribution >= 4 is 17.6 Å². The highest BCUT2D eigenvalue weighted by molar-refractivity contribution is 5.85. The van der Waals surface area contributed by atoms with Gasteiger partial charge in [-0.05, 0) is 38.8 Å². The van der Waals surface area contributed by atoms with Gasteiger partial charge in [0.1, 0.15) is 11.8 Å². The monoisotopic (exact) mass is 334 g/mol. The molecule has 1 fully saturated rings. The fourth-order valence-corrected chi connectivity index (χ4v) is 2.93. The SMILES string of the molecule is CCOC(=O)C1CCN(C(=O)[C@H](C)Nc2ccccc2OC)CC1. The molecule has 1 saturated heterocycles. The predicted octanol–water partition coefficient (Wildman–Crippen LogP) is 2.30. The van der Waals surface area contributed by atoms with Crippen molar-refractivity contribution in [2.45, 2.75) is 32.7 Å². The minimum absolute atomic E-state index is 0.0308. The number of likely N-dealkylation sites (tertiary alicyclic amines) is 1. The minimum Gasteiger partial charge on any atom is -0.495 e. The van der Waals surface area contributed by atoms with E-state index in [2.05, 4.69) is 5.32 Å². The summed E-state index contributed by atoms with van der Waals surface area (Å²) in [4.78, 5) is 26.2. The van der Waals surface area contributed by atoms with Gasteiger partial charge in [0.25, 0.3) is 0 Å². The Morgan fingerprint density at radius 3 is 2.58 bits per heavy atom. The average molecular weight is 334 g/mol. The van der Waals surface area contributed by atoms with Gasteiger partial charge in [-0.15, -0.1) is 0 Å². The molecule has 1 aromatic carbocycles. The van der Waals surface area contributed by atoms with Crippen LogP contribution >= 0.6 is 0 Å². The minimum atomic E-state index is -0.361. The molecule has 0 aliphatic carbocycles. The molecule has 132 valence electrons. The number of nitrogens with zero attached hydrogens (tertiary/aromatic N) is 1. The largest absolute Gasteiger partial charge is 0.495 e. The highest BCUT2D eigenvalue weighted by Crippen LogP contribution is 2.25. The summed E-state index contributed by atoms with van der Waals surface area (Å²) in [5, 5.41) is 3.20. The normalized spacial score (nSPS) is 16.4. The first-order chi connectivity index (χ1) is 11.6. The topological polar surface area (TPSA) is 67.9 Å². The van der Waals surface area contributed by atoms with E-state index in [0.717, 1.165) is 5.69 Å². The van der Waals surface area contributed by atoms with Crippen LogP contribution in [0.1, 0.15) is 26.7 Å². The van der Waals surface area contributed by atoms with Crippen LogP contribution in [0.2, 0.25) is 0 Å². The van der Waals surface area contributed by atoms with Crippen LogP contribution in [0, 0.1) is 5.92 Å². The summed E-state index contributed by atoms with van der Waals surface area (Å²) >= 11 is 0. The number of carbonyl (C=O) groups is 2. The Morgan fingerprint density at radius 1 is 1.29 bits per heavy atom. The maximum absolute atomic E-state index is 12.6. The molecule has 0 unspecified atom stereocenters. The third-order valence-electron chi connectivity index (χ3n) is 4.28. The van der Waals surface area contributed by atoms with E-state index in [4.69, 9.17) is 9.47 Å². The van der Waals surface area contributed by atoms with Gasteiger partial charge in [0.15, 0.2) is 0 Å². The number of hydrogen-bond acceptors (Lipinski definition) is 5. The van der Waals surface area contributed by atoms with Gasteiger partial charge in [-0.1, -0.05) is 12.1 Å². The summed E-state index contributed by atoms with van der Waals surface area (Å²) in [6.07, 6.45) is 1.32. The van der Waals surface area contributed by atoms with Gasteiger partial charge in [-0.2, -0.15) is 0 Å². The maximum atomic E-state index is 12.6. The van der Waals surface area contributed by atoms with Crippen molar-refractivity contribution in [3.8, 4) is 5.75 Å². The second-order valence-corrected chi connectivity index (χ2v) is 5.92. The summed E-state index contributed by atoms with van der Waals surface area (Å²) in [6, 6.07) is 7.16. The predicted molar refractivity (Wildman–Crippen MR) is 92.0 cm³/mol. The van der Waals surface area contributed by atoms with E-state index >= 15 is 0 Å². The zero-order valence-corrected chi connectivity index (χ0v) is 14.6. The number of rotatable bonds is 6. The number of anilines is 1. The molecular weight excluding hydrogens is 308 g/mol. The molecule has 6 heteroatoms. The van der Waals surface area contributed by atoms with Crippen molar-refractivity contribution in [3.05, 3.63) is 24.3 Å². The van der Waals surface area contributed by atoms with Crippen molar-refractivity contribution < 1.29 is 19.1 Å². The quantitative estimate of drug-likeness (QED) is 0.809. The van der Waals surface area contributed by atoms with Crippen molar-refractivity contribution in [1.29, 1.82) is 0 Å². The first-order valence-electron chi connectivity index (χ1n) is 8.41. The molecule has 1 N–H and O–H groups in total. The van der Waals surface area contributed by atoms with Crippen molar-refractivity contribution in [2.75, 3.05) is 32.1 Å². The average Bonchev–Trinajstić information content (AvgIpc) is 2.61. The molecule has 0 radical (unpaired) electrons. The van der Waals surface area contributed by atoms with Gasteiger partial charge in [0, 0.05) is 13.1 Å². The highest BCUT2D eigenvalue weighted by Gasteiger charge is 2.30. The molecule has 24 heavy (non-hydrogen) atoms. The highest BCUT2D eigenvalue weighted by atomic mass is 16.5. The van der Waals surface area contributed by atoms with E-state index in [0.29, 0.717) is 38.3 Å². The lowest BCUT2D eigenvalue weighted by atomic mass is 9.96. The molecule has 2 rings (SSSR count). The van der Waals surface area contributed by atoms with Crippen LogP contribution in [0.25, 0.3) is 0 Å². The van der Waals surface area contributed by atoms with Crippen LogP contribution in [0.3, 0.4) is 0 Å². The van der Waals surface area contributed by atoms with Crippen LogP contribution in [-0.2, 0) is 14.3 Å². The zero-order chi connectivity index (χ0) is 17.5. The molecule has 0 aromatic heterocycles. The first-order valence-corrected chi connectivity index (χ1v) is 8.41. The Labute approximate surface area is 143 Å². The van der Waals surface area contributed by atoms with E-state index in [1.54, 1.807) is 7.11 Å². The summed E-state index contributed by atoms with van der Waals surface area (Å²) in [5.41, 5.74) is 0.794. The van der Waals surface area contributed by atoms with Gasteiger partial charge < -0.3 is 19.7 Å². The van der Waals surface area contributed by atoms with Crippen molar-refractivity contribution in [1.82, 2.24) is 4.90 Å². The van der Waals surface area contributed by atoms with E-state index in [-0.39, 0.29) is 23.8 Å². The number of carbonyl (C=O) groups excluding carboxylic acids is 2. The first kappa shape index (κ1) is 18.1. The fourth-order valence-electron chi connectivity index (χ4n) is 2.93. The zero-order valence-electron chi connectivity index (χ0n) is 14.6. The van der Waals surface area contributed by atoms with Gasteiger partial charge >= 0.3 is 5.97 Å². The van der Waals surface area contributed by atoms with Gasteiger partial charge in [0.2, 0.25) is 5.91 Å². The fraction of sp³-hybridized carbons (Fsp3) is 0.556. The van der Waals surface area contributed by atoms with E-state index < -0.39 is 0 Å². The van der Waals surface area contributed by atoms with E-state index in [1.807, 2.05) is 43.0 Å². The van der Waals surface area contributed by atoms with Crippen LogP contribution in [0.4, 0.5) is 5.69 Å². The third kappa shape index (κ3) is 4.40. The molecule has 0 bridgehead atoms. The second kappa shape index (κ2) is 8.57. The molecule has 1 heterocycles. The number of benzene rings is 1. The number of ether oxygens (including phenoxy) is 2. The molecule has 1 aliphatic rings. The lowest BCUT2D eigenvalue weighted by molar-refractivity contribution is -0.151. The number of para-hydroxylation sites is 2. The third-order valence-corrected chi connectivity index (χ3v) is 4.28. The molecule has 0 saturated carbocycles. The Bertz CT molecular complexity index is 568. The Morgan fingerprint density at radius 2 is 1.96 bits per heavy atom. The summed E-state index contributed by atoms with van der Waals surface area (Å²) in [5.74, 6) is 0.498. The molecule has 1 aliphatic heterocycles. The number of nitrogens with one attached hydrogen (secondary N) is 1. The van der Waals surface area contributed by atoms with Crippen LogP contribution in [0.5, 0.6) is 5.75 Å². The molecule has 1 atom stereocenters. The maximum Gasteiger partial charge on any atom is 0.309 e. The van der Waals surface area contributed by atoms with Crippen LogP contribution in [0.15, 0.2) is 24.3 Å². The summed E-state index contributed by atoms with van der Waals surface area (Å²) in [6.45, 7) is 5.21.